The number of rotatable bonds is 5. The predicted molar refractivity (Wildman–Crippen MR) is 121 cm³/mol. The molecule has 3 aromatic rings. The van der Waals surface area contributed by atoms with Crippen molar-refractivity contribution in [1.82, 2.24) is 4.90 Å². The Morgan fingerprint density at radius 1 is 1.16 bits per heavy atom. The van der Waals surface area contributed by atoms with E-state index in [-0.39, 0.29) is 17.9 Å². The molecule has 4 rings (SSSR count). The van der Waals surface area contributed by atoms with Crippen molar-refractivity contribution in [2.75, 3.05) is 7.11 Å². The molecule has 2 heterocycles. The van der Waals surface area contributed by atoms with Gasteiger partial charge in [0.1, 0.15) is 11.5 Å². The third kappa shape index (κ3) is 3.96. The third-order valence-electron chi connectivity index (χ3n) is 5.30. The van der Waals surface area contributed by atoms with E-state index in [0.29, 0.717) is 21.9 Å². The molecule has 1 saturated heterocycles. The number of nitrogens with zero attached hydrogens (tertiary/aromatic N) is 1. The maximum absolute atomic E-state index is 13.1. The first-order valence-electron chi connectivity index (χ1n) is 9.62. The highest BCUT2D eigenvalue weighted by Crippen LogP contribution is 2.41. The minimum atomic E-state index is -0.721. The number of aliphatic hydroxyl groups is 1. The van der Waals surface area contributed by atoms with Crippen LogP contribution in [0.15, 0.2) is 65.6 Å². The summed E-state index contributed by atoms with van der Waals surface area (Å²) in [4.78, 5) is 28.5. The van der Waals surface area contributed by atoms with E-state index in [0.717, 1.165) is 10.4 Å². The fourth-order valence-corrected chi connectivity index (χ4v) is 4.62. The number of aryl methyl sites for hydroxylation is 1. The molecule has 0 radical (unpaired) electrons. The highest BCUT2D eigenvalue weighted by Gasteiger charge is 2.46. The summed E-state index contributed by atoms with van der Waals surface area (Å²) in [6.07, 6.45) is 0. The molecule has 0 saturated carbocycles. The Hall–Kier alpha value is -3.09. The average Bonchev–Trinajstić information content (AvgIpc) is 3.36. The SMILES string of the molecule is COc1ccc(/C(O)=C2/C(=O)C(=O)N(Cc3cccs3)C2c2ccc(Cl)cc2)cc1C. The number of halogens is 1. The lowest BCUT2D eigenvalue weighted by atomic mass is 9.95. The number of aliphatic hydroxyl groups excluding tert-OH is 1. The van der Waals surface area contributed by atoms with Crippen LogP contribution in [0.25, 0.3) is 5.76 Å². The zero-order valence-corrected chi connectivity index (χ0v) is 18.5. The molecule has 0 bridgehead atoms. The Balaban J connectivity index is 1.86. The molecule has 1 unspecified atom stereocenters. The van der Waals surface area contributed by atoms with Crippen molar-refractivity contribution in [2.45, 2.75) is 19.5 Å². The third-order valence-corrected chi connectivity index (χ3v) is 6.41. The van der Waals surface area contributed by atoms with Gasteiger partial charge in [-0.05, 0) is 59.8 Å². The highest BCUT2D eigenvalue weighted by atomic mass is 35.5. The van der Waals surface area contributed by atoms with E-state index in [1.54, 1.807) is 49.6 Å². The number of ether oxygens (including phenoxy) is 1. The van der Waals surface area contributed by atoms with Crippen LogP contribution in [-0.4, -0.2) is 28.8 Å². The molecule has 1 aromatic heterocycles. The zero-order valence-electron chi connectivity index (χ0n) is 17.0. The largest absolute Gasteiger partial charge is 0.507 e. The maximum Gasteiger partial charge on any atom is 0.295 e. The van der Waals surface area contributed by atoms with E-state index in [2.05, 4.69) is 0 Å². The van der Waals surface area contributed by atoms with Gasteiger partial charge in [-0.1, -0.05) is 29.8 Å². The maximum atomic E-state index is 13.1. The van der Waals surface area contributed by atoms with E-state index in [9.17, 15) is 14.7 Å². The van der Waals surface area contributed by atoms with Crippen molar-refractivity contribution in [3.8, 4) is 5.75 Å². The number of benzene rings is 2. The fourth-order valence-electron chi connectivity index (χ4n) is 3.79. The Morgan fingerprint density at radius 2 is 1.90 bits per heavy atom. The number of carbonyl (C=O) groups is 2. The summed E-state index contributed by atoms with van der Waals surface area (Å²) < 4.78 is 5.28. The van der Waals surface area contributed by atoms with Gasteiger partial charge >= 0.3 is 0 Å². The monoisotopic (exact) mass is 453 g/mol. The van der Waals surface area contributed by atoms with Crippen LogP contribution in [0.4, 0.5) is 0 Å². The Kier molecular flexibility index (Phi) is 5.85. The molecule has 158 valence electrons. The van der Waals surface area contributed by atoms with Crippen molar-refractivity contribution in [3.05, 3.63) is 92.1 Å². The zero-order chi connectivity index (χ0) is 22.1. The number of hydrogen-bond acceptors (Lipinski definition) is 5. The summed E-state index contributed by atoms with van der Waals surface area (Å²) in [5.41, 5.74) is 2.02. The Labute approximate surface area is 189 Å². The minimum absolute atomic E-state index is 0.0634. The number of Topliss-reactive ketones (excluding diaryl/α,β-unsaturated/α-hetero) is 1. The van der Waals surface area contributed by atoms with E-state index in [1.165, 1.54) is 16.2 Å². The second kappa shape index (κ2) is 8.57. The van der Waals surface area contributed by atoms with Crippen molar-refractivity contribution >= 4 is 40.4 Å². The Bertz CT molecular complexity index is 1170. The van der Waals surface area contributed by atoms with Crippen LogP contribution in [0, 0.1) is 6.92 Å². The lowest BCUT2D eigenvalue weighted by Crippen LogP contribution is -2.28. The average molecular weight is 454 g/mol. The summed E-state index contributed by atoms with van der Waals surface area (Å²) in [5, 5.41) is 13.6. The molecule has 0 spiro atoms. The smallest absolute Gasteiger partial charge is 0.295 e. The standard InChI is InChI=1S/C24H20ClNO4S/c1-14-12-16(7-10-19(14)30-2)22(27)20-21(15-5-8-17(25)9-6-15)26(24(29)23(20)28)13-18-4-3-11-31-18/h3-12,21,27H,13H2,1-2H3/b22-20-. The normalized spacial score (nSPS) is 17.9. The van der Waals surface area contributed by atoms with Crippen LogP contribution in [-0.2, 0) is 16.1 Å². The summed E-state index contributed by atoms with van der Waals surface area (Å²) in [6.45, 7) is 2.12. The van der Waals surface area contributed by atoms with Gasteiger partial charge in [0.15, 0.2) is 0 Å². The molecular formula is C24H20ClNO4S. The number of amides is 1. The second-order valence-corrected chi connectivity index (χ2v) is 8.71. The van der Waals surface area contributed by atoms with Crippen LogP contribution in [0.1, 0.15) is 27.6 Å². The quantitative estimate of drug-likeness (QED) is 0.321. The van der Waals surface area contributed by atoms with Gasteiger partial charge < -0.3 is 14.7 Å². The van der Waals surface area contributed by atoms with Crippen LogP contribution in [0.3, 0.4) is 0 Å². The van der Waals surface area contributed by atoms with Gasteiger partial charge in [0.25, 0.3) is 11.7 Å². The summed E-state index contributed by atoms with van der Waals surface area (Å²) >= 11 is 7.55. The van der Waals surface area contributed by atoms with Gasteiger partial charge in [-0.3, -0.25) is 9.59 Å². The number of ketones is 1. The molecule has 1 amide bonds. The molecule has 7 heteroatoms. The molecule has 0 aliphatic carbocycles. The van der Waals surface area contributed by atoms with Crippen molar-refractivity contribution in [2.24, 2.45) is 0 Å². The van der Waals surface area contributed by atoms with Crippen molar-refractivity contribution in [1.29, 1.82) is 0 Å². The number of hydrogen-bond donors (Lipinski definition) is 1. The van der Waals surface area contributed by atoms with Crippen LogP contribution < -0.4 is 4.74 Å². The van der Waals surface area contributed by atoms with Crippen LogP contribution in [0.5, 0.6) is 5.75 Å². The molecule has 1 aliphatic rings. The number of likely N-dealkylation sites (tertiary alicyclic amines) is 1. The second-order valence-electron chi connectivity index (χ2n) is 7.24. The van der Waals surface area contributed by atoms with Gasteiger partial charge in [0, 0.05) is 15.5 Å². The van der Waals surface area contributed by atoms with Gasteiger partial charge in [-0.25, -0.2) is 0 Å². The molecule has 1 atom stereocenters. The van der Waals surface area contributed by atoms with Crippen LogP contribution >= 0.6 is 22.9 Å². The highest BCUT2D eigenvalue weighted by molar-refractivity contribution is 7.09. The number of carbonyl (C=O) groups excluding carboxylic acids is 2. The summed E-state index contributed by atoms with van der Waals surface area (Å²) in [7, 11) is 1.57. The molecule has 2 aromatic carbocycles. The van der Waals surface area contributed by atoms with E-state index in [1.807, 2.05) is 24.4 Å². The first-order chi connectivity index (χ1) is 14.9. The van der Waals surface area contributed by atoms with E-state index < -0.39 is 17.7 Å². The predicted octanol–water partition coefficient (Wildman–Crippen LogP) is 5.34. The number of methoxy groups -OCH3 is 1. The van der Waals surface area contributed by atoms with Gasteiger partial charge in [0.2, 0.25) is 0 Å². The first kappa shape index (κ1) is 21.2. The van der Waals surface area contributed by atoms with Crippen molar-refractivity contribution in [3.63, 3.8) is 0 Å². The van der Waals surface area contributed by atoms with E-state index in [4.69, 9.17) is 16.3 Å². The van der Waals surface area contributed by atoms with E-state index >= 15 is 0 Å². The summed E-state index contributed by atoms with van der Waals surface area (Å²) in [6, 6.07) is 15.2. The van der Waals surface area contributed by atoms with Gasteiger partial charge in [-0.2, -0.15) is 0 Å². The van der Waals surface area contributed by atoms with Crippen molar-refractivity contribution < 1.29 is 19.4 Å². The summed E-state index contributed by atoms with van der Waals surface area (Å²) in [5.74, 6) is -0.885. The molecule has 31 heavy (non-hydrogen) atoms. The molecular weight excluding hydrogens is 434 g/mol. The fraction of sp³-hybridized carbons (Fsp3) is 0.167. The topological polar surface area (TPSA) is 66.8 Å². The van der Waals surface area contributed by atoms with Crippen LogP contribution in [0.2, 0.25) is 5.02 Å². The van der Waals surface area contributed by atoms with Gasteiger partial charge in [0.05, 0.1) is 25.3 Å². The number of thiophene rings is 1. The Morgan fingerprint density at radius 3 is 2.52 bits per heavy atom. The molecule has 1 aliphatic heterocycles. The molecule has 1 fully saturated rings. The molecule has 1 N–H and O–H groups in total. The lowest BCUT2D eigenvalue weighted by molar-refractivity contribution is -0.140. The minimum Gasteiger partial charge on any atom is -0.507 e. The lowest BCUT2D eigenvalue weighted by Gasteiger charge is -2.25. The van der Waals surface area contributed by atoms with Gasteiger partial charge in [-0.15, -0.1) is 11.3 Å². The first-order valence-corrected chi connectivity index (χ1v) is 10.9. The molecule has 5 nitrogen and oxygen atoms in total.